The molecule has 0 spiro atoms. The summed E-state index contributed by atoms with van der Waals surface area (Å²) in [5.41, 5.74) is -0.287. The maximum Gasteiger partial charge on any atom is 0.325 e. The van der Waals surface area contributed by atoms with Gasteiger partial charge in [-0.2, -0.15) is 0 Å². The van der Waals surface area contributed by atoms with E-state index in [0.29, 0.717) is 5.75 Å². The van der Waals surface area contributed by atoms with Crippen molar-refractivity contribution >= 4 is 17.8 Å². The van der Waals surface area contributed by atoms with E-state index in [0.717, 1.165) is 10.5 Å². The first-order valence-corrected chi connectivity index (χ1v) is 7.24. The van der Waals surface area contributed by atoms with Crippen LogP contribution < -0.4 is 10.1 Å². The van der Waals surface area contributed by atoms with Gasteiger partial charge in [0, 0.05) is 20.5 Å². The lowest BCUT2D eigenvalue weighted by Gasteiger charge is -2.23. The third-order valence-electron chi connectivity index (χ3n) is 3.87. The Balaban J connectivity index is 2.21. The van der Waals surface area contributed by atoms with Crippen LogP contribution in [-0.2, 0) is 16.0 Å². The lowest BCUT2D eigenvalue weighted by atomic mass is 9.92. The maximum atomic E-state index is 12.6. The lowest BCUT2D eigenvalue weighted by molar-refractivity contribution is -0.137. The largest absolute Gasteiger partial charge is 0.496 e. The van der Waals surface area contributed by atoms with Gasteiger partial charge in [0.25, 0.3) is 5.91 Å². The molecule has 7 nitrogen and oxygen atoms in total. The molecule has 7 heteroatoms. The molecule has 0 saturated carbocycles. The number of para-hydroxylation sites is 1. The number of amides is 4. The highest BCUT2D eigenvalue weighted by Gasteiger charge is 2.48. The molecule has 1 aliphatic heterocycles. The van der Waals surface area contributed by atoms with Gasteiger partial charge in [0.15, 0.2) is 0 Å². The van der Waals surface area contributed by atoms with Crippen molar-refractivity contribution in [1.29, 1.82) is 0 Å². The van der Waals surface area contributed by atoms with E-state index in [9.17, 15) is 14.4 Å². The molecule has 1 fully saturated rings. The molecular weight excluding hydrogens is 298 g/mol. The van der Waals surface area contributed by atoms with Gasteiger partial charge in [-0.1, -0.05) is 18.2 Å². The van der Waals surface area contributed by atoms with Gasteiger partial charge in [-0.3, -0.25) is 14.5 Å². The molecule has 1 aromatic carbocycles. The van der Waals surface area contributed by atoms with Crippen molar-refractivity contribution < 1.29 is 19.1 Å². The third kappa shape index (κ3) is 3.28. The highest BCUT2D eigenvalue weighted by atomic mass is 16.5. The van der Waals surface area contributed by atoms with Crippen LogP contribution in [0.5, 0.6) is 5.75 Å². The summed E-state index contributed by atoms with van der Waals surface area (Å²) in [6.45, 7) is 1.39. The summed E-state index contributed by atoms with van der Waals surface area (Å²) in [6.07, 6.45) is 0.286. The summed E-state index contributed by atoms with van der Waals surface area (Å²) in [5.74, 6) is -0.0720. The van der Waals surface area contributed by atoms with E-state index in [2.05, 4.69) is 5.32 Å². The summed E-state index contributed by atoms with van der Waals surface area (Å²) >= 11 is 0. The molecule has 1 heterocycles. The van der Waals surface area contributed by atoms with E-state index < -0.39 is 17.5 Å². The van der Waals surface area contributed by atoms with Crippen molar-refractivity contribution in [1.82, 2.24) is 15.1 Å². The number of likely N-dealkylation sites (N-methyl/N-ethyl adjacent to an activating group) is 1. The first-order valence-electron chi connectivity index (χ1n) is 7.24. The SMILES string of the molecule is COc1ccccc1C[C@@]1(C)NC(=O)N(CC(=O)N(C)C)C1=O. The standard InChI is InChI=1S/C16H21N3O4/c1-16(9-11-7-5-6-8-12(11)23-4)14(21)19(15(22)17-16)10-13(20)18(2)3/h5-8H,9-10H2,1-4H3,(H,17,22)/t16-/m1/s1. The van der Waals surface area contributed by atoms with Crippen LogP contribution in [0.25, 0.3) is 0 Å². The molecule has 0 radical (unpaired) electrons. The zero-order valence-electron chi connectivity index (χ0n) is 13.8. The fourth-order valence-electron chi connectivity index (χ4n) is 2.52. The van der Waals surface area contributed by atoms with E-state index in [-0.39, 0.29) is 18.9 Å². The Morgan fingerprint density at radius 1 is 1.30 bits per heavy atom. The lowest BCUT2D eigenvalue weighted by Crippen LogP contribution is -2.46. The Labute approximate surface area is 135 Å². The molecule has 23 heavy (non-hydrogen) atoms. The molecule has 1 N–H and O–H groups in total. The number of carbonyl (C=O) groups is 3. The minimum atomic E-state index is -1.10. The zero-order chi connectivity index (χ0) is 17.2. The number of ether oxygens (including phenoxy) is 1. The van der Waals surface area contributed by atoms with E-state index in [1.165, 1.54) is 4.90 Å². The first-order chi connectivity index (χ1) is 10.8. The normalized spacial score (nSPS) is 20.4. The molecule has 0 unspecified atom stereocenters. The Morgan fingerprint density at radius 3 is 2.57 bits per heavy atom. The van der Waals surface area contributed by atoms with Crippen LogP contribution in [0.4, 0.5) is 4.79 Å². The second kappa shape index (κ2) is 6.28. The Bertz CT molecular complexity index is 644. The summed E-state index contributed by atoms with van der Waals surface area (Å²) in [4.78, 5) is 38.8. The number of methoxy groups -OCH3 is 1. The van der Waals surface area contributed by atoms with Gasteiger partial charge in [-0.05, 0) is 18.6 Å². The average Bonchev–Trinajstić information content (AvgIpc) is 2.71. The minimum absolute atomic E-state index is 0.265. The molecule has 2 rings (SSSR count). The van der Waals surface area contributed by atoms with Gasteiger partial charge in [0.2, 0.25) is 5.91 Å². The second-order valence-corrected chi connectivity index (χ2v) is 5.93. The van der Waals surface area contributed by atoms with Crippen LogP contribution in [0, 0.1) is 0 Å². The molecular formula is C16H21N3O4. The number of benzene rings is 1. The number of hydrogen-bond acceptors (Lipinski definition) is 4. The third-order valence-corrected chi connectivity index (χ3v) is 3.87. The van der Waals surface area contributed by atoms with Crippen LogP contribution in [0.15, 0.2) is 24.3 Å². The summed E-state index contributed by atoms with van der Waals surface area (Å²) in [7, 11) is 4.71. The molecule has 124 valence electrons. The zero-order valence-corrected chi connectivity index (χ0v) is 13.8. The first kappa shape index (κ1) is 16.8. The Hall–Kier alpha value is -2.57. The van der Waals surface area contributed by atoms with Crippen molar-refractivity contribution in [3.8, 4) is 5.75 Å². The molecule has 1 saturated heterocycles. The topological polar surface area (TPSA) is 79.0 Å². The second-order valence-electron chi connectivity index (χ2n) is 5.93. The van der Waals surface area contributed by atoms with Gasteiger partial charge < -0.3 is 15.0 Å². The number of carbonyl (C=O) groups excluding carboxylic acids is 3. The van der Waals surface area contributed by atoms with Crippen molar-refractivity contribution in [2.45, 2.75) is 18.9 Å². The van der Waals surface area contributed by atoms with Gasteiger partial charge in [0.1, 0.15) is 17.8 Å². The number of hydrogen-bond donors (Lipinski definition) is 1. The molecule has 4 amide bonds. The fraction of sp³-hybridized carbons (Fsp3) is 0.438. The van der Waals surface area contributed by atoms with E-state index in [1.807, 2.05) is 18.2 Å². The van der Waals surface area contributed by atoms with Crippen molar-refractivity contribution in [3.05, 3.63) is 29.8 Å². The Kier molecular flexibility index (Phi) is 4.58. The Morgan fingerprint density at radius 2 is 1.96 bits per heavy atom. The number of nitrogens with one attached hydrogen (secondary N) is 1. The van der Waals surface area contributed by atoms with E-state index >= 15 is 0 Å². The smallest absolute Gasteiger partial charge is 0.325 e. The predicted octanol–water partition coefficient (Wildman–Crippen LogP) is 0.636. The van der Waals surface area contributed by atoms with Gasteiger partial charge in [-0.25, -0.2) is 4.79 Å². The molecule has 0 bridgehead atoms. The highest BCUT2D eigenvalue weighted by Crippen LogP contribution is 2.27. The number of nitrogens with zero attached hydrogens (tertiary/aromatic N) is 2. The fourth-order valence-corrected chi connectivity index (χ4v) is 2.52. The van der Waals surface area contributed by atoms with E-state index in [4.69, 9.17) is 4.74 Å². The van der Waals surface area contributed by atoms with Crippen LogP contribution in [-0.4, -0.2) is 60.9 Å². The van der Waals surface area contributed by atoms with Crippen LogP contribution in [0.3, 0.4) is 0 Å². The minimum Gasteiger partial charge on any atom is -0.496 e. The molecule has 1 aromatic rings. The highest BCUT2D eigenvalue weighted by molar-refractivity contribution is 6.08. The maximum absolute atomic E-state index is 12.6. The average molecular weight is 319 g/mol. The van der Waals surface area contributed by atoms with Crippen LogP contribution >= 0.6 is 0 Å². The predicted molar refractivity (Wildman–Crippen MR) is 84.0 cm³/mol. The number of rotatable bonds is 5. The van der Waals surface area contributed by atoms with E-state index in [1.54, 1.807) is 34.2 Å². The van der Waals surface area contributed by atoms with Gasteiger partial charge in [-0.15, -0.1) is 0 Å². The molecule has 0 aromatic heterocycles. The van der Waals surface area contributed by atoms with Crippen molar-refractivity contribution in [3.63, 3.8) is 0 Å². The number of urea groups is 1. The molecule has 0 aliphatic carbocycles. The molecule has 1 atom stereocenters. The van der Waals surface area contributed by atoms with Crippen LogP contribution in [0.2, 0.25) is 0 Å². The van der Waals surface area contributed by atoms with Gasteiger partial charge in [0.05, 0.1) is 7.11 Å². The summed E-state index contributed by atoms with van der Waals surface area (Å²) < 4.78 is 5.29. The van der Waals surface area contributed by atoms with Gasteiger partial charge >= 0.3 is 6.03 Å². The molecule has 1 aliphatic rings. The van der Waals surface area contributed by atoms with Crippen LogP contribution in [0.1, 0.15) is 12.5 Å². The quantitative estimate of drug-likeness (QED) is 0.808. The monoisotopic (exact) mass is 319 g/mol. The van der Waals surface area contributed by atoms with Crippen molar-refractivity contribution in [2.75, 3.05) is 27.7 Å². The summed E-state index contributed by atoms with van der Waals surface area (Å²) in [6, 6.07) is 6.77. The summed E-state index contributed by atoms with van der Waals surface area (Å²) in [5, 5.41) is 2.69. The van der Waals surface area contributed by atoms with Crippen molar-refractivity contribution in [2.24, 2.45) is 0 Å². The number of imide groups is 1.